The third kappa shape index (κ3) is 9.40. The van der Waals surface area contributed by atoms with Crippen molar-refractivity contribution >= 4 is 49.4 Å². The molecule has 2 heterocycles. The molecule has 11 heteroatoms. The monoisotopic (exact) mass is 834 g/mol. The van der Waals surface area contributed by atoms with E-state index in [1.807, 2.05) is 134 Å². The highest BCUT2D eigenvalue weighted by atomic mass is 79.9. The van der Waals surface area contributed by atoms with Gasteiger partial charge in [0.1, 0.15) is 40.8 Å². The maximum absolute atomic E-state index is 13.2. The summed E-state index contributed by atoms with van der Waals surface area (Å²) >= 11 is 3.22. The first kappa shape index (κ1) is 39.0. The number of hydrogen-bond donors (Lipinski definition) is 2. The number of carboxylic acid groups (broad SMARTS) is 1. The van der Waals surface area contributed by atoms with Crippen LogP contribution in [0, 0.1) is 6.92 Å². The van der Waals surface area contributed by atoms with Gasteiger partial charge in [-0.3, -0.25) is 0 Å². The van der Waals surface area contributed by atoms with Crippen LogP contribution in [0.15, 0.2) is 162 Å². The summed E-state index contributed by atoms with van der Waals surface area (Å²) < 4.78 is 24.0. The minimum atomic E-state index is -1.30. The highest BCUT2D eigenvalue weighted by molar-refractivity contribution is 9.10. The lowest BCUT2D eigenvalue weighted by molar-refractivity contribution is 0.0460. The number of pyridine rings is 2. The van der Waals surface area contributed by atoms with Gasteiger partial charge in [-0.05, 0) is 94.6 Å². The fraction of sp³-hybridized carbons (Fsp3) is 0.0638. The van der Waals surface area contributed by atoms with E-state index < -0.39 is 17.6 Å². The number of carbonyl (C=O) groups is 2. The molecule has 0 fully saturated rings. The maximum Gasteiger partial charge on any atom is 0.361 e. The summed E-state index contributed by atoms with van der Waals surface area (Å²) in [5, 5.41) is 21.8. The number of halogens is 1. The second-order valence-corrected chi connectivity index (χ2v) is 13.6. The van der Waals surface area contributed by atoms with E-state index in [0.29, 0.717) is 44.1 Å². The maximum atomic E-state index is 13.2. The molecule has 8 aromatic rings. The molecule has 0 bridgehead atoms. The van der Waals surface area contributed by atoms with Gasteiger partial charge in [0.25, 0.3) is 0 Å². The largest absolute Gasteiger partial charge is 0.505 e. The minimum Gasteiger partial charge on any atom is -0.505 e. The van der Waals surface area contributed by atoms with E-state index in [-0.39, 0.29) is 24.7 Å². The molecule has 2 N–H and O–H groups in total. The Labute approximate surface area is 342 Å². The zero-order chi connectivity index (χ0) is 40.4. The molecule has 0 aliphatic carbocycles. The van der Waals surface area contributed by atoms with E-state index in [0.717, 1.165) is 27.6 Å². The number of para-hydroxylation sites is 2. The van der Waals surface area contributed by atoms with Crippen LogP contribution >= 0.6 is 15.9 Å². The van der Waals surface area contributed by atoms with Gasteiger partial charge < -0.3 is 29.2 Å². The molecular weight excluding hydrogens is 800 g/mol. The van der Waals surface area contributed by atoms with E-state index >= 15 is 0 Å². The topological polar surface area (TPSA) is 137 Å². The van der Waals surface area contributed by atoms with E-state index in [1.165, 1.54) is 0 Å². The summed E-state index contributed by atoms with van der Waals surface area (Å²) in [4.78, 5) is 32.8. The molecule has 0 aliphatic heterocycles. The Morgan fingerprint density at radius 2 is 1.07 bits per heavy atom. The number of fused-ring (bicyclic) bond motifs is 2. The van der Waals surface area contributed by atoms with E-state index in [1.54, 1.807) is 30.3 Å². The Kier molecular flexibility index (Phi) is 12.2. The lowest BCUT2D eigenvalue weighted by Crippen LogP contribution is -2.12. The molecule has 0 amide bonds. The van der Waals surface area contributed by atoms with Crippen LogP contribution in [0.5, 0.6) is 34.5 Å². The number of hydrogen-bond acceptors (Lipinski definition) is 9. The van der Waals surface area contributed by atoms with Gasteiger partial charge in [-0.15, -0.1) is 0 Å². The number of esters is 1. The van der Waals surface area contributed by atoms with Crippen LogP contribution in [-0.4, -0.2) is 32.1 Å². The van der Waals surface area contributed by atoms with Crippen molar-refractivity contribution in [1.82, 2.24) is 9.97 Å². The number of nitrogens with zero attached hydrogens (tertiary/aromatic N) is 2. The average Bonchev–Trinajstić information content (AvgIpc) is 3.25. The molecule has 58 heavy (non-hydrogen) atoms. The highest BCUT2D eigenvalue weighted by Crippen LogP contribution is 2.37. The normalized spacial score (nSPS) is 10.7. The fourth-order valence-electron chi connectivity index (χ4n) is 6.00. The predicted octanol–water partition coefficient (Wildman–Crippen LogP) is 11.5. The molecule has 0 radical (unpaired) electrons. The van der Waals surface area contributed by atoms with E-state index in [4.69, 9.17) is 24.1 Å². The first-order valence-corrected chi connectivity index (χ1v) is 18.9. The molecule has 6 aromatic carbocycles. The lowest BCUT2D eigenvalue weighted by Gasteiger charge is -2.16. The number of rotatable bonds is 11. The quantitative estimate of drug-likeness (QED) is 0.0956. The smallest absolute Gasteiger partial charge is 0.361 e. The van der Waals surface area contributed by atoms with Gasteiger partial charge in [0, 0.05) is 27.2 Å². The summed E-state index contributed by atoms with van der Waals surface area (Å²) in [5.74, 6) is 0.636. The second kappa shape index (κ2) is 18.1. The standard InChI is InChI=1S/C31H25NO4.C16H10BrNO4/c1-22-27-18-17-26(36-25-15-9-4-10-16-25)19-28(27)30(34-20-23-11-5-2-6-12-23)29(32-22)31(33)35-21-24-13-7-3-8-14-24;17-15-11-7-6-10(22-9-4-2-1-3-5-9)8-12(11)14(19)13(18-15)16(20)21/h2-19H,20-21H2,1H3;1-8,19H,(H,20,21). The summed E-state index contributed by atoms with van der Waals surface area (Å²) in [7, 11) is 0. The molecule has 8 rings (SSSR count). The first-order chi connectivity index (χ1) is 28.2. The van der Waals surface area contributed by atoms with Crippen LogP contribution in [0.3, 0.4) is 0 Å². The Balaban J connectivity index is 0.000000199. The van der Waals surface area contributed by atoms with Crippen LogP contribution in [-0.2, 0) is 18.0 Å². The van der Waals surface area contributed by atoms with Crippen LogP contribution in [0.4, 0.5) is 0 Å². The van der Waals surface area contributed by atoms with E-state index in [9.17, 15) is 14.7 Å². The third-order valence-corrected chi connectivity index (χ3v) is 9.42. The van der Waals surface area contributed by atoms with E-state index in [2.05, 4.69) is 25.9 Å². The Morgan fingerprint density at radius 1 is 0.569 bits per heavy atom. The van der Waals surface area contributed by atoms with Crippen molar-refractivity contribution in [2.45, 2.75) is 20.1 Å². The molecule has 2 aromatic heterocycles. The molecule has 10 nitrogen and oxygen atoms in total. The van der Waals surface area contributed by atoms with Crippen molar-refractivity contribution in [1.29, 1.82) is 0 Å². The van der Waals surface area contributed by atoms with Crippen molar-refractivity contribution in [2.75, 3.05) is 0 Å². The molecule has 0 saturated heterocycles. The van der Waals surface area contributed by atoms with Crippen molar-refractivity contribution in [2.24, 2.45) is 0 Å². The Morgan fingerprint density at radius 3 is 1.62 bits per heavy atom. The number of benzene rings is 6. The van der Waals surface area contributed by atoms with Crippen molar-refractivity contribution in [3.8, 4) is 34.5 Å². The number of aromatic hydroxyl groups is 1. The van der Waals surface area contributed by atoms with Gasteiger partial charge in [0.15, 0.2) is 22.9 Å². The second-order valence-electron chi connectivity index (χ2n) is 12.9. The van der Waals surface area contributed by atoms with Crippen LogP contribution in [0.1, 0.15) is 37.8 Å². The molecule has 0 unspecified atom stereocenters. The summed E-state index contributed by atoms with van der Waals surface area (Å²) in [6.45, 7) is 2.30. The molecule has 0 aliphatic rings. The Bertz CT molecular complexity index is 2700. The summed E-state index contributed by atoms with van der Waals surface area (Å²) in [6.07, 6.45) is 0. The van der Waals surface area contributed by atoms with Gasteiger partial charge >= 0.3 is 11.9 Å². The van der Waals surface area contributed by atoms with Crippen molar-refractivity contribution < 1.29 is 38.7 Å². The van der Waals surface area contributed by atoms with Crippen molar-refractivity contribution in [3.63, 3.8) is 0 Å². The number of aromatic nitrogens is 2. The lowest BCUT2D eigenvalue weighted by atomic mass is 10.1. The fourth-order valence-corrected chi connectivity index (χ4v) is 6.53. The van der Waals surface area contributed by atoms with Gasteiger partial charge in [-0.1, -0.05) is 97.1 Å². The third-order valence-electron chi connectivity index (χ3n) is 8.82. The van der Waals surface area contributed by atoms with Gasteiger partial charge in [0.05, 0.1) is 0 Å². The molecule has 0 saturated carbocycles. The molecule has 288 valence electrons. The van der Waals surface area contributed by atoms with Gasteiger partial charge in [-0.2, -0.15) is 0 Å². The highest BCUT2D eigenvalue weighted by Gasteiger charge is 2.23. The molecule has 0 atom stereocenters. The number of aromatic carboxylic acids is 1. The SMILES string of the molecule is Cc1nc(C(=O)OCc2ccccc2)c(OCc2ccccc2)c2cc(Oc3ccccc3)ccc12.O=C(O)c1nc(Br)c2ccc(Oc3ccccc3)cc2c1O. The zero-order valence-electron chi connectivity index (χ0n) is 31.0. The van der Waals surface area contributed by atoms with Gasteiger partial charge in [0.2, 0.25) is 0 Å². The predicted molar refractivity (Wildman–Crippen MR) is 224 cm³/mol. The van der Waals surface area contributed by atoms with Crippen molar-refractivity contribution in [3.05, 3.63) is 191 Å². The molecular formula is C47H35BrN2O8. The minimum absolute atomic E-state index is 0.142. The number of ether oxygens (including phenoxy) is 4. The number of aryl methyl sites for hydroxylation is 1. The zero-order valence-corrected chi connectivity index (χ0v) is 32.6. The molecule has 0 spiro atoms. The summed E-state index contributed by atoms with van der Waals surface area (Å²) in [5.41, 5.74) is 2.31. The summed E-state index contributed by atoms with van der Waals surface area (Å²) in [6, 6.07) is 48.8. The number of carbonyl (C=O) groups excluding carboxylic acids is 1. The number of carboxylic acids is 1. The van der Waals surface area contributed by atoms with Gasteiger partial charge in [-0.25, -0.2) is 19.6 Å². The average molecular weight is 836 g/mol. The van der Waals surface area contributed by atoms with Crippen LogP contribution in [0.2, 0.25) is 0 Å². The Hall–Kier alpha value is -7.24. The first-order valence-electron chi connectivity index (χ1n) is 18.1. The van der Waals surface area contributed by atoms with Crippen LogP contribution in [0.25, 0.3) is 21.5 Å². The van der Waals surface area contributed by atoms with Crippen LogP contribution < -0.4 is 14.2 Å².